The number of nitrogens with zero attached hydrogens (tertiary/aromatic N) is 2. The van der Waals surface area contributed by atoms with E-state index in [9.17, 15) is 4.79 Å². The monoisotopic (exact) mass is 350 g/mol. The van der Waals surface area contributed by atoms with Gasteiger partial charge in [0.1, 0.15) is 0 Å². The van der Waals surface area contributed by atoms with Gasteiger partial charge in [-0.05, 0) is 6.42 Å². The van der Waals surface area contributed by atoms with Crippen LogP contribution in [0.5, 0.6) is 0 Å². The van der Waals surface area contributed by atoms with Crippen LogP contribution in [0.15, 0.2) is 0 Å². The zero-order valence-electron chi connectivity index (χ0n) is 17.2. The van der Waals surface area contributed by atoms with E-state index in [-0.39, 0.29) is 17.4 Å². The lowest BCUT2D eigenvalue weighted by molar-refractivity contribution is -0.141. The summed E-state index contributed by atoms with van der Waals surface area (Å²) in [6, 6.07) is 0. The maximum absolute atomic E-state index is 12.3. The number of morpholine rings is 1. The second-order valence-electron chi connectivity index (χ2n) is 8.38. The van der Waals surface area contributed by atoms with Gasteiger partial charge in [0.25, 0.3) is 0 Å². The van der Waals surface area contributed by atoms with E-state index in [0.29, 0.717) is 12.5 Å². The molecule has 0 aromatic carbocycles. The Balaban J connectivity index is 2.39. The van der Waals surface area contributed by atoms with Crippen LogP contribution in [-0.2, 0) is 9.53 Å². The summed E-state index contributed by atoms with van der Waals surface area (Å²) < 4.78 is 5.85. The summed E-state index contributed by atoms with van der Waals surface area (Å²) in [4.78, 5) is 16.5. The fourth-order valence-electron chi connectivity index (χ4n) is 3.10. The first-order chi connectivity index (χ1) is 11.7. The predicted molar refractivity (Wildman–Crippen MR) is 104 cm³/mol. The largest absolute Gasteiger partial charge is 0.374 e. The number of carbonyl (C=O) groups excluding carboxylic acids is 1. The van der Waals surface area contributed by atoms with Gasteiger partial charge in [0, 0.05) is 38.0 Å². The SMILES string of the molecule is CCCCCC(C)C#CCN1CCO[C@H](CN(C)C(=O)C(C)(C)C)C1. The van der Waals surface area contributed by atoms with Gasteiger partial charge in [0.2, 0.25) is 5.91 Å². The summed E-state index contributed by atoms with van der Waals surface area (Å²) in [7, 11) is 1.87. The van der Waals surface area contributed by atoms with E-state index in [1.54, 1.807) is 4.90 Å². The Morgan fingerprint density at radius 2 is 2.08 bits per heavy atom. The first-order valence-electron chi connectivity index (χ1n) is 9.82. The van der Waals surface area contributed by atoms with Crippen molar-refractivity contribution in [2.45, 2.75) is 66.4 Å². The van der Waals surface area contributed by atoms with Gasteiger partial charge in [-0.3, -0.25) is 9.69 Å². The smallest absolute Gasteiger partial charge is 0.227 e. The van der Waals surface area contributed by atoms with Gasteiger partial charge in [0.05, 0.1) is 19.3 Å². The molecule has 144 valence electrons. The van der Waals surface area contributed by atoms with Crippen LogP contribution in [0.25, 0.3) is 0 Å². The molecule has 1 amide bonds. The fraction of sp³-hybridized carbons (Fsp3) is 0.857. The minimum atomic E-state index is -0.345. The molecule has 4 nitrogen and oxygen atoms in total. The molecule has 0 spiro atoms. The molecule has 1 fully saturated rings. The third kappa shape index (κ3) is 8.74. The van der Waals surface area contributed by atoms with Crippen LogP contribution in [0.1, 0.15) is 60.3 Å². The quantitative estimate of drug-likeness (QED) is 0.521. The highest BCUT2D eigenvalue weighted by molar-refractivity contribution is 5.81. The molecule has 25 heavy (non-hydrogen) atoms. The molecule has 1 saturated heterocycles. The van der Waals surface area contributed by atoms with Gasteiger partial charge in [-0.25, -0.2) is 0 Å². The van der Waals surface area contributed by atoms with Crippen LogP contribution in [-0.4, -0.2) is 61.6 Å². The van der Waals surface area contributed by atoms with Gasteiger partial charge in [-0.15, -0.1) is 0 Å². The minimum Gasteiger partial charge on any atom is -0.374 e. The summed E-state index contributed by atoms with van der Waals surface area (Å²) in [5.41, 5.74) is -0.345. The second-order valence-corrected chi connectivity index (χ2v) is 8.38. The number of carbonyl (C=O) groups is 1. The molecule has 2 atom stereocenters. The van der Waals surface area contributed by atoms with Crippen molar-refractivity contribution in [2.24, 2.45) is 11.3 Å². The number of hydrogen-bond acceptors (Lipinski definition) is 3. The van der Waals surface area contributed by atoms with Crippen molar-refractivity contribution < 1.29 is 9.53 Å². The topological polar surface area (TPSA) is 32.8 Å². The third-order valence-electron chi connectivity index (χ3n) is 4.58. The first kappa shape index (κ1) is 22.0. The molecule has 0 aromatic rings. The lowest BCUT2D eigenvalue weighted by atomic mass is 9.95. The van der Waals surface area contributed by atoms with E-state index < -0.39 is 0 Å². The van der Waals surface area contributed by atoms with Crippen molar-refractivity contribution in [3.05, 3.63) is 0 Å². The summed E-state index contributed by atoms with van der Waals surface area (Å²) in [6.45, 7) is 14.3. The second kappa shape index (κ2) is 10.8. The molecule has 0 aliphatic carbocycles. The predicted octanol–water partition coefficient (Wildman–Crippen LogP) is 3.41. The van der Waals surface area contributed by atoms with Crippen LogP contribution < -0.4 is 0 Å². The standard InChI is InChI=1S/C21H38N2O2/c1-7-8-9-11-18(2)12-10-13-23-14-15-25-19(17-23)16-22(6)20(24)21(3,4)5/h18-19H,7-9,11,13-17H2,1-6H3/t18?,19-/m1/s1. The first-order valence-corrected chi connectivity index (χ1v) is 9.82. The number of amides is 1. The molecule has 1 unspecified atom stereocenters. The Bertz CT molecular complexity index is 459. The van der Waals surface area contributed by atoms with E-state index >= 15 is 0 Å². The van der Waals surface area contributed by atoms with Gasteiger partial charge in [0.15, 0.2) is 0 Å². The Morgan fingerprint density at radius 3 is 2.72 bits per heavy atom. The summed E-state index contributed by atoms with van der Waals surface area (Å²) in [5.74, 6) is 7.37. The van der Waals surface area contributed by atoms with Gasteiger partial charge >= 0.3 is 0 Å². The van der Waals surface area contributed by atoms with Gasteiger partial charge < -0.3 is 9.64 Å². The van der Waals surface area contributed by atoms with Crippen LogP contribution in [0.4, 0.5) is 0 Å². The maximum atomic E-state index is 12.3. The van der Waals surface area contributed by atoms with Crippen molar-refractivity contribution in [3.63, 3.8) is 0 Å². The molecule has 0 bridgehead atoms. The molecular formula is C21H38N2O2. The molecule has 0 N–H and O–H groups in total. The van der Waals surface area contributed by atoms with Crippen molar-refractivity contribution in [2.75, 3.05) is 39.8 Å². The molecule has 1 aliphatic heterocycles. The van der Waals surface area contributed by atoms with Crippen LogP contribution >= 0.6 is 0 Å². The zero-order valence-corrected chi connectivity index (χ0v) is 17.2. The van der Waals surface area contributed by atoms with Crippen molar-refractivity contribution in [3.8, 4) is 11.8 Å². The van der Waals surface area contributed by atoms with E-state index in [1.807, 2.05) is 27.8 Å². The number of hydrogen-bond donors (Lipinski definition) is 0. The highest BCUT2D eigenvalue weighted by atomic mass is 16.5. The number of unbranched alkanes of at least 4 members (excludes halogenated alkanes) is 2. The molecule has 0 saturated carbocycles. The van der Waals surface area contributed by atoms with Crippen LogP contribution in [0.2, 0.25) is 0 Å². The maximum Gasteiger partial charge on any atom is 0.227 e. The Kier molecular flexibility index (Phi) is 9.53. The molecule has 1 aliphatic rings. The Morgan fingerprint density at radius 1 is 1.36 bits per heavy atom. The van der Waals surface area contributed by atoms with E-state index in [1.165, 1.54) is 25.7 Å². The van der Waals surface area contributed by atoms with E-state index in [2.05, 4.69) is 30.6 Å². The highest BCUT2D eigenvalue weighted by Gasteiger charge is 2.28. The average Bonchev–Trinajstić information content (AvgIpc) is 2.54. The normalized spacial score (nSPS) is 19.8. The van der Waals surface area contributed by atoms with Crippen molar-refractivity contribution in [1.29, 1.82) is 0 Å². The summed E-state index contributed by atoms with van der Waals surface area (Å²) >= 11 is 0. The third-order valence-corrected chi connectivity index (χ3v) is 4.58. The average molecular weight is 351 g/mol. The summed E-state index contributed by atoms with van der Waals surface area (Å²) in [5, 5.41) is 0. The minimum absolute atomic E-state index is 0.0776. The molecule has 0 aromatic heterocycles. The molecule has 1 rings (SSSR count). The number of ether oxygens (including phenoxy) is 1. The van der Waals surface area contributed by atoms with Gasteiger partial charge in [-0.1, -0.05) is 65.7 Å². The molecule has 4 heteroatoms. The van der Waals surface area contributed by atoms with E-state index in [4.69, 9.17) is 4.74 Å². The van der Waals surface area contributed by atoms with E-state index in [0.717, 1.165) is 26.2 Å². The Hall–Kier alpha value is -1.05. The molecule has 0 radical (unpaired) electrons. The molecular weight excluding hydrogens is 312 g/mol. The molecule has 1 heterocycles. The summed E-state index contributed by atoms with van der Waals surface area (Å²) in [6.07, 6.45) is 5.13. The lowest BCUT2D eigenvalue weighted by Gasteiger charge is -2.35. The van der Waals surface area contributed by atoms with Crippen molar-refractivity contribution >= 4 is 5.91 Å². The number of likely N-dealkylation sites (N-methyl/N-ethyl adjacent to an activating group) is 1. The zero-order chi connectivity index (χ0) is 18.9. The fourth-order valence-corrected chi connectivity index (χ4v) is 3.10. The van der Waals surface area contributed by atoms with Crippen LogP contribution in [0, 0.1) is 23.2 Å². The Labute approximate surface area is 155 Å². The van der Waals surface area contributed by atoms with Crippen LogP contribution in [0.3, 0.4) is 0 Å². The lowest BCUT2D eigenvalue weighted by Crippen LogP contribution is -2.49. The highest BCUT2D eigenvalue weighted by Crippen LogP contribution is 2.17. The van der Waals surface area contributed by atoms with Gasteiger partial charge in [-0.2, -0.15) is 0 Å². The van der Waals surface area contributed by atoms with Crippen molar-refractivity contribution in [1.82, 2.24) is 9.80 Å². The number of rotatable bonds is 7.